The molecule has 1 aromatic carbocycles. The van der Waals surface area contributed by atoms with Gasteiger partial charge in [-0.1, -0.05) is 37.3 Å². The highest BCUT2D eigenvalue weighted by atomic mass is 16.5. The number of benzene rings is 1. The third-order valence-corrected chi connectivity index (χ3v) is 2.62. The summed E-state index contributed by atoms with van der Waals surface area (Å²) in [5.41, 5.74) is 1.09. The summed E-state index contributed by atoms with van der Waals surface area (Å²) in [4.78, 5) is 11.0. The van der Waals surface area contributed by atoms with Crippen LogP contribution in [0.25, 0.3) is 0 Å². The number of aliphatic hydroxyl groups excluding tert-OH is 1. The molecule has 2 N–H and O–H groups in total. The maximum absolute atomic E-state index is 11.0. The number of aliphatic carboxylic acids is 1. The van der Waals surface area contributed by atoms with E-state index in [0.29, 0.717) is 6.42 Å². The van der Waals surface area contributed by atoms with Gasteiger partial charge in [-0.3, -0.25) is 0 Å². The van der Waals surface area contributed by atoms with Gasteiger partial charge in [-0.2, -0.15) is 0 Å². The standard InChI is InChI=1S/C13H18O4/c1-10(11-5-3-2-4-6-11)9-12(13(15)16)17-8-7-14/h2-6,10,12,14H,7-9H2,1H3,(H,15,16). The van der Waals surface area contributed by atoms with Crippen LogP contribution in [0.1, 0.15) is 24.8 Å². The molecule has 2 atom stereocenters. The quantitative estimate of drug-likeness (QED) is 0.758. The highest BCUT2D eigenvalue weighted by Crippen LogP contribution is 2.21. The predicted octanol–water partition coefficient (Wildman–Crippen LogP) is 1.64. The van der Waals surface area contributed by atoms with Crippen molar-refractivity contribution in [2.24, 2.45) is 0 Å². The topological polar surface area (TPSA) is 66.8 Å². The Kier molecular flexibility index (Phi) is 5.66. The summed E-state index contributed by atoms with van der Waals surface area (Å²) >= 11 is 0. The van der Waals surface area contributed by atoms with Crippen LogP contribution in [-0.2, 0) is 9.53 Å². The summed E-state index contributed by atoms with van der Waals surface area (Å²) < 4.78 is 5.10. The van der Waals surface area contributed by atoms with Crippen molar-refractivity contribution in [3.63, 3.8) is 0 Å². The zero-order valence-corrected chi connectivity index (χ0v) is 9.87. The van der Waals surface area contributed by atoms with Gasteiger partial charge in [0.1, 0.15) is 0 Å². The van der Waals surface area contributed by atoms with Gasteiger partial charge in [0.2, 0.25) is 0 Å². The SMILES string of the molecule is CC(CC(OCCO)C(=O)O)c1ccccc1. The Morgan fingerprint density at radius 2 is 2.00 bits per heavy atom. The molecule has 0 amide bonds. The van der Waals surface area contributed by atoms with Crippen LogP contribution in [0.4, 0.5) is 0 Å². The Hall–Kier alpha value is -1.39. The highest BCUT2D eigenvalue weighted by molar-refractivity contribution is 5.72. The van der Waals surface area contributed by atoms with Gasteiger partial charge in [-0.15, -0.1) is 0 Å². The highest BCUT2D eigenvalue weighted by Gasteiger charge is 2.21. The summed E-state index contributed by atoms with van der Waals surface area (Å²) in [6.45, 7) is 1.86. The van der Waals surface area contributed by atoms with E-state index in [-0.39, 0.29) is 19.1 Å². The average molecular weight is 238 g/mol. The maximum Gasteiger partial charge on any atom is 0.332 e. The fourth-order valence-electron chi connectivity index (χ4n) is 1.67. The number of aliphatic hydroxyl groups is 1. The lowest BCUT2D eigenvalue weighted by Crippen LogP contribution is -2.27. The van der Waals surface area contributed by atoms with Gasteiger partial charge in [-0.25, -0.2) is 4.79 Å². The number of carboxylic acids is 1. The van der Waals surface area contributed by atoms with Gasteiger partial charge in [0.05, 0.1) is 13.2 Å². The van der Waals surface area contributed by atoms with Crippen molar-refractivity contribution < 1.29 is 19.7 Å². The molecule has 0 radical (unpaired) electrons. The molecule has 1 rings (SSSR count). The van der Waals surface area contributed by atoms with Crippen LogP contribution in [0.2, 0.25) is 0 Å². The molecule has 2 unspecified atom stereocenters. The Labute approximate surface area is 101 Å². The van der Waals surface area contributed by atoms with E-state index in [2.05, 4.69) is 0 Å². The first-order valence-corrected chi connectivity index (χ1v) is 5.65. The molecule has 0 spiro atoms. The third kappa shape index (κ3) is 4.54. The minimum absolute atomic E-state index is 0.0540. The summed E-state index contributed by atoms with van der Waals surface area (Å²) in [6.07, 6.45) is -0.461. The smallest absolute Gasteiger partial charge is 0.332 e. The van der Waals surface area contributed by atoms with Crippen molar-refractivity contribution >= 4 is 5.97 Å². The van der Waals surface area contributed by atoms with Crippen LogP contribution in [-0.4, -0.2) is 35.5 Å². The van der Waals surface area contributed by atoms with Crippen molar-refractivity contribution in [1.82, 2.24) is 0 Å². The molecule has 4 heteroatoms. The Balaban J connectivity index is 2.58. The molecule has 0 saturated heterocycles. The summed E-state index contributed by atoms with van der Waals surface area (Å²) in [7, 11) is 0. The first-order valence-electron chi connectivity index (χ1n) is 5.65. The van der Waals surface area contributed by atoms with Gasteiger partial charge in [0, 0.05) is 0 Å². The Morgan fingerprint density at radius 1 is 1.35 bits per heavy atom. The molecule has 0 heterocycles. The van der Waals surface area contributed by atoms with E-state index in [9.17, 15) is 4.79 Å². The van der Waals surface area contributed by atoms with Crippen LogP contribution in [0.3, 0.4) is 0 Å². The van der Waals surface area contributed by atoms with Gasteiger partial charge in [0.15, 0.2) is 6.10 Å². The van der Waals surface area contributed by atoms with Gasteiger partial charge < -0.3 is 14.9 Å². The molecule has 0 saturated carbocycles. The number of ether oxygens (including phenoxy) is 1. The average Bonchev–Trinajstić information content (AvgIpc) is 2.35. The minimum Gasteiger partial charge on any atom is -0.479 e. The van der Waals surface area contributed by atoms with E-state index in [0.717, 1.165) is 5.56 Å². The monoisotopic (exact) mass is 238 g/mol. The first-order chi connectivity index (χ1) is 8.15. The van der Waals surface area contributed by atoms with Crippen LogP contribution in [0.5, 0.6) is 0 Å². The lowest BCUT2D eigenvalue weighted by atomic mass is 9.95. The molecular formula is C13H18O4. The van der Waals surface area contributed by atoms with Gasteiger partial charge >= 0.3 is 5.97 Å². The largest absolute Gasteiger partial charge is 0.479 e. The predicted molar refractivity (Wildman–Crippen MR) is 63.9 cm³/mol. The molecule has 0 bridgehead atoms. The third-order valence-electron chi connectivity index (χ3n) is 2.62. The van der Waals surface area contributed by atoms with Crippen LogP contribution < -0.4 is 0 Å². The Morgan fingerprint density at radius 3 is 2.53 bits per heavy atom. The molecule has 4 nitrogen and oxygen atoms in total. The molecule has 1 aromatic rings. The van der Waals surface area contributed by atoms with E-state index < -0.39 is 12.1 Å². The van der Waals surface area contributed by atoms with Crippen molar-refractivity contribution in [2.45, 2.75) is 25.4 Å². The van der Waals surface area contributed by atoms with Crippen LogP contribution in [0.15, 0.2) is 30.3 Å². The van der Waals surface area contributed by atoms with E-state index >= 15 is 0 Å². The second kappa shape index (κ2) is 7.04. The molecule has 94 valence electrons. The zero-order chi connectivity index (χ0) is 12.7. The molecule has 0 aliphatic heterocycles. The number of rotatable bonds is 7. The van der Waals surface area contributed by atoms with Crippen molar-refractivity contribution in [1.29, 1.82) is 0 Å². The lowest BCUT2D eigenvalue weighted by Gasteiger charge is -2.18. The van der Waals surface area contributed by atoms with E-state index in [1.807, 2.05) is 37.3 Å². The van der Waals surface area contributed by atoms with E-state index in [1.54, 1.807) is 0 Å². The lowest BCUT2D eigenvalue weighted by molar-refractivity contribution is -0.151. The van der Waals surface area contributed by atoms with Crippen molar-refractivity contribution in [2.75, 3.05) is 13.2 Å². The maximum atomic E-state index is 11.0. The summed E-state index contributed by atoms with van der Waals surface area (Å²) in [6, 6.07) is 9.71. The second-order valence-electron chi connectivity index (χ2n) is 3.97. The van der Waals surface area contributed by atoms with Gasteiger partial charge in [0.25, 0.3) is 0 Å². The van der Waals surface area contributed by atoms with E-state index in [4.69, 9.17) is 14.9 Å². The number of hydrogen-bond donors (Lipinski definition) is 2. The van der Waals surface area contributed by atoms with Gasteiger partial charge in [-0.05, 0) is 17.9 Å². The molecular weight excluding hydrogens is 220 g/mol. The fourth-order valence-corrected chi connectivity index (χ4v) is 1.67. The number of carbonyl (C=O) groups is 1. The molecule has 0 aliphatic carbocycles. The summed E-state index contributed by atoms with van der Waals surface area (Å²) in [5, 5.41) is 17.6. The molecule has 0 aliphatic rings. The fraction of sp³-hybridized carbons (Fsp3) is 0.462. The van der Waals surface area contributed by atoms with Crippen molar-refractivity contribution in [3.05, 3.63) is 35.9 Å². The number of hydrogen-bond acceptors (Lipinski definition) is 3. The van der Waals surface area contributed by atoms with Crippen LogP contribution >= 0.6 is 0 Å². The van der Waals surface area contributed by atoms with Crippen LogP contribution in [0, 0.1) is 0 Å². The normalized spacial score (nSPS) is 14.2. The molecule has 0 fully saturated rings. The second-order valence-corrected chi connectivity index (χ2v) is 3.97. The Bertz CT molecular complexity index is 337. The number of carboxylic acid groups (broad SMARTS) is 1. The minimum atomic E-state index is -0.985. The zero-order valence-electron chi connectivity index (χ0n) is 9.87. The van der Waals surface area contributed by atoms with E-state index in [1.165, 1.54) is 0 Å². The van der Waals surface area contributed by atoms with Crippen molar-refractivity contribution in [3.8, 4) is 0 Å². The molecule has 0 aromatic heterocycles. The summed E-state index contributed by atoms with van der Waals surface area (Å²) in [5.74, 6) is -0.878. The first kappa shape index (κ1) is 13.7. The molecule has 17 heavy (non-hydrogen) atoms.